The molecule has 2 aliphatic rings. The number of methoxy groups -OCH3 is 1. The fraction of sp³-hybridized carbons (Fsp3) is 0.565. The molecule has 10 nitrogen and oxygen atoms in total. The number of rotatable bonds is 5. The molecule has 10 heteroatoms. The Balaban J connectivity index is 1.66. The molecule has 0 bridgehead atoms. The molecular formula is C23H32N4O6. The number of carbonyl (C=O) groups excluding carboxylic acids is 4. The quantitative estimate of drug-likeness (QED) is 0.578. The number of hydrogen-bond acceptors (Lipinski definition) is 6. The van der Waals surface area contributed by atoms with Crippen LogP contribution in [-0.2, 0) is 14.3 Å². The van der Waals surface area contributed by atoms with Gasteiger partial charge in [-0.2, -0.15) is 0 Å². The normalized spacial score (nSPS) is 22.7. The molecule has 0 aromatic heterocycles. The van der Waals surface area contributed by atoms with Gasteiger partial charge in [-0.25, -0.2) is 9.59 Å². The van der Waals surface area contributed by atoms with Crippen molar-refractivity contribution >= 4 is 35.3 Å². The van der Waals surface area contributed by atoms with E-state index >= 15 is 0 Å². The van der Waals surface area contributed by atoms with E-state index in [1.807, 2.05) is 0 Å². The number of urea groups is 1. The minimum absolute atomic E-state index is 0.301. The van der Waals surface area contributed by atoms with Gasteiger partial charge in [0.1, 0.15) is 23.4 Å². The summed E-state index contributed by atoms with van der Waals surface area (Å²) in [7, 11) is 1.45. The summed E-state index contributed by atoms with van der Waals surface area (Å²) in [5.74, 6) is 0.00216. The predicted octanol–water partition coefficient (Wildman–Crippen LogP) is 3.48. The molecule has 5 amide bonds. The van der Waals surface area contributed by atoms with Crippen LogP contribution in [0.3, 0.4) is 0 Å². The topological polar surface area (TPSA) is 126 Å². The van der Waals surface area contributed by atoms with Gasteiger partial charge in [0.05, 0.1) is 12.8 Å². The van der Waals surface area contributed by atoms with Crippen LogP contribution in [0.2, 0.25) is 0 Å². The fourth-order valence-corrected chi connectivity index (χ4v) is 4.05. The van der Waals surface area contributed by atoms with Crippen molar-refractivity contribution in [3.8, 4) is 5.75 Å². The number of nitrogens with zero attached hydrogens (tertiary/aromatic N) is 1. The van der Waals surface area contributed by atoms with Crippen molar-refractivity contribution in [1.29, 1.82) is 0 Å². The highest BCUT2D eigenvalue weighted by atomic mass is 16.6. The van der Waals surface area contributed by atoms with Crippen LogP contribution >= 0.6 is 0 Å². The van der Waals surface area contributed by atoms with Crippen molar-refractivity contribution in [1.82, 2.24) is 10.2 Å². The molecule has 33 heavy (non-hydrogen) atoms. The lowest BCUT2D eigenvalue weighted by Gasteiger charge is -2.33. The smallest absolute Gasteiger partial charge is 0.412 e. The molecule has 0 atom stereocenters. The molecule has 1 aromatic carbocycles. The lowest BCUT2D eigenvalue weighted by atomic mass is 9.77. The highest BCUT2D eigenvalue weighted by Gasteiger charge is 2.52. The van der Waals surface area contributed by atoms with E-state index in [1.54, 1.807) is 32.9 Å². The minimum atomic E-state index is -0.894. The Morgan fingerprint density at radius 1 is 1.18 bits per heavy atom. The molecule has 1 spiro atoms. The van der Waals surface area contributed by atoms with Crippen LogP contribution in [0, 0.1) is 5.92 Å². The molecule has 2 fully saturated rings. The summed E-state index contributed by atoms with van der Waals surface area (Å²) in [6.07, 6.45) is 2.19. The first-order valence-electron chi connectivity index (χ1n) is 11.0. The average Bonchev–Trinajstić information content (AvgIpc) is 2.93. The van der Waals surface area contributed by atoms with E-state index in [4.69, 9.17) is 9.47 Å². The van der Waals surface area contributed by atoms with Gasteiger partial charge in [0.25, 0.3) is 5.91 Å². The molecule has 1 saturated carbocycles. The molecule has 3 rings (SSSR count). The summed E-state index contributed by atoms with van der Waals surface area (Å²) in [4.78, 5) is 51.1. The number of ether oxygens (including phenoxy) is 2. The van der Waals surface area contributed by atoms with Gasteiger partial charge < -0.3 is 20.1 Å². The van der Waals surface area contributed by atoms with Crippen molar-refractivity contribution in [2.24, 2.45) is 5.92 Å². The molecular weight excluding hydrogens is 428 g/mol. The van der Waals surface area contributed by atoms with E-state index in [1.165, 1.54) is 13.2 Å². The van der Waals surface area contributed by atoms with Crippen molar-refractivity contribution in [3.63, 3.8) is 0 Å². The van der Waals surface area contributed by atoms with Crippen LogP contribution in [-0.4, -0.2) is 53.6 Å². The van der Waals surface area contributed by atoms with E-state index in [0.29, 0.717) is 35.9 Å². The number of nitrogens with one attached hydrogen (secondary N) is 3. The first-order chi connectivity index (χ1) is 15.4. The Hall–Kier alpha value is -3.30. The summed E-state index contributed by atoms with van der Waals surface area (Å²) in [5, 5.41) is 8.06. The van der Waals surface area contributed by atoms with Gasteiger partial charge in [0.2, 0.25) is 5.91 Å². The molecule has 0 radical (unpaired) electrons. The largest absolute Gasteiger partial charge is 0.495 e. The van der Waals surface area contributed by atoms with Crippen LogP contribution in [0.4, 0.5) is 21.0 Å². The second-order valence-corrected chi connectivity index (χ2v) is 9.68. The number of amides is 5. The molecule has 1 heterocycles. The van der Waals surface area contributed by atoms with E-state index in [0.717, 1.165) is 17.7 Å². The zero-order valence-electron chi connectivity index (χ0n) is 19.7. The van der Waals surface area contributed by atoms with E-state index < -0.39 is 35.7 Å². The van der Waals surface area contributed by atoms with E-state index in [9.17, 15) is 19.2 Å². The molecule has 3 N–H and O–H groups in total. The Morgan fingerprint density at radius 3 is 2.45 bits per heavy atom. The van der Waals surface area contributed by atoms with E-state index in [-0.39, 0.29) is 5.91 Å². The van der Waals surface area contributed by atoms with Crippen LogP contribution in [0.5, 0.6) is 5.75 Å². The average molecular weight is 461 g/mol. The van der Waals surface area contributed by atoms with Crippen LogP contribution < -0.4 is 20.7 Å². The highest BCUT2D eigenvalue weighted by Crippen LogP contribution is 2.36. The minimum Gasteiger partial charge on any atom is -0.495 e. The fourth-order valence-electron chi connectivity index (χ4n) is 4.05. The SMILES string of the molecule is COc1ccc(NC(=O)CN2C(=O)NC3(CCC(C)CC3)C2=O)cc1NC(=O)OC(C)(C)C. The van der Waals surface area contributed by atoms with Gasteiger partial charge in [-0.3, -0.25) is 19.8 Å². The third-order valence-corrected chi connectivity index (χ3v) is 5.79. The maximum atomic E-state index is 12.9. The number of carbonyl (C=O) groups is 4. The van der Waals surface area contributed by atoms with Gasteiger partial charge in [-0.1, -0.05) is 6.92 Å². The standard InChI is InChI=1S/C23H32N4O6/c1-14-8-10-23(11-9-14)19(29)27(20(30)26-23)13-18(28)24-15-6-7-17(32-5)16(12-15)25-21(31)33-22(2,3)4/h6-7,12,14H,8-11,13H2,1-5H3,(H,24,28)(H,25,31)(H,26,30). The first-order valence-corrected chi connectivity index (χ1v) is 11.0. The lowest BCUT2D eigenvalue weighted by molar-refractivity contribution is -0.135. The summed E-state index contributed by atoms with van der Waals surface area (Å²) >= 11 is 0. The number of benzene rings is 1. The monoisotopic (exact) mass is 460 g/mol. The summed E-state index contributed by atoms with van der Waals surface area (Å²) in [6.45, 7) is 6.96. The van der Waals surface area contributed by atoms with Crippen molar-refractivity contribution < 1.29 is 28.7 Å². The third-order valence-electron chi connectivity index (χ3n) is 5.79. The predicted molar refractivity (Wildman–Crippen MR) is 122 cm³/mol. The summed E-state index contributed by atoms with van der Waals surface area (Å²) in [6, 6.07) is 4.13. The lowest BCUT2D eigenvalue weighted by Crippen LogP contribution is -2.49. The molecule has 1 aliphatic heterocycles. The van der Waals surface area contributed by atoms with Crippen molar-refractivity contribution in [2.45, 2.75) is 64.5 Å². The second kappa shape index (κ2) is 9.29. The maximum absolute atomic E-state index is 12.9. The molecule has 180 valence electrons. The van der Waals surface area contributed by atoms with Crippen LogP contribution in [0.15, 0.2) is 18.2 Å². The van der Waals surface area contributed by atoms with Gasteiger partial charge >= 0.3 is 12.1 Å². The zero-order chi connectivity index (χ0) is 24.4. The Kier molecular flexibility index (Phi) is 6.85. The number of anilines is 2. The van der Waals surface area contributed by atoms with E-state index in [2.05, 4.69) is 22.9 Å². The van der Waals surface area contributed by atoms with Crippen LogP contribution in [0.1, 0.15) is 53.4 Å². The van der Waals surface area contributed by atoms with Gasteiger partial charge in [0, 0.05) is 5.69 Å². The Bertz CT molecular complexity index is 947. The zero-order valence-corrected chi connectivity index (χ0v) is 19.7. The maximum Gasteiger partial charge on any atom is 0.412 e. The van der Waals surface area contributed by atoms with Crippen molar-refractivity contribution in [2.75, 3.05) is 24.3 Å². The third kappa shape index (κ3) is 5.74. The Labute approximate surface area is 193 Å². The summed E-state index contributed by atoms with van der Waals surface area (Å²) in [5.41, 5.74) is -0.913. The highest BCUT2D eigenvalue weighted by molar-refractivity contribution is 6.10. The molecule has 1 aliphatic carbocycles. The van der Waals surface area contributed by atoms with Gasteiger partial charge in [0.15, 0.2) is 0 Å². The Morgan fingerprint density at radius 2 is 1.85 bits per heavy atom. The van der Waals surface area contributed by atoms with Crippen LogP contribution in [0.25, 0.3) is 0 Å². The molecule has 1 aromatic rings. The number of hydrogen-bond donors (Lipinski definition) is 3. The summed E-state index contributed by atoms with van der Waals surface area (Å²) < 4.78 is 10.5. The molecule has 1 saturated heterocycles. The first kappa shape index (κ1) is 24.3. The van der Waals surface area contributed by atoms with Gasteiger partial charge in [-0.15, -0.1) is 0 Å². The van der Waals surface area contributed by atoms with Gasteiger partial charge in [-0.05, 0) is 70.6 Å². The second-order valence-electron chi connectivity index (χ2n) is 9.68. The van der Waals surface area contributed by atoms with Crippen molar-refractivity contribution in [3.05, 3.63) is 18.2 Å². The number of imide groups is 1. The molecule has 0 unspecified atom stereocenters.